The third kappa shape index (κ3) is 4.25. The number of nitrogens with one attached hydrogen (secondary N) is 1. The smallest absolute Gasteiger partial charge is 0.173 e. The summed E-state index contributed by atoms with van der Waals surface area (Å²) in [6.45, 7) is 3.08. The Morgan fingerprint density at radius 1 is 1.38 bits per heavy atom. The van der Waals surface area contributed by atoms with Gasteiger partial charge in [0.25, 0.3) is 0 Å². The van der Waals surface area contributed by atoms with E-state index in [-0.39, 0.29) is 6.04 Å². The van der Waals surface area contributed by atoms with Crippen LogP contribution in [0.15, 0.2) is 39.6 Å². The van der Waals surface area contributed by atoms with Gasteiger partial charge in [-0.25, -0.2) is 0 Å². The van der Waals surface area contributed by atoms with Gasteiger partial charge in [-0.3, -0.25) is 0 Å². The number of ether oxygens (including phenoxy) is 1. The SMILES string of the molecule is CCCNC(Cc1cc(Cl)ccc1OC)c1ccoc1Br. The molecular formula is C16H19BrClNO2. The highest BCUT2D eigenvalue weighted by Crippen LogP contribution is 2.31. The van der Waals surface area contributed by atoms with Gasteiger partial charge in [-0.05, 0) is 65.1 Å². The second-order valence-corrected chi connectivity index (χ2v) is 5.97. The van der Waals surface area contributed by atoms with Crippen molar-refractivity contribution < 1.29 is 9.15 Å². The summed E-state index contributed by atoms with van der Waals surface area (Å²) in [7, 11) is 1.68. The third-order valence-electron chi connectivity index (χ3n) is 3.33. The second-order valence-electron chi connectivity index (χ2n) is 4.82. The number of furan rings is 1. The minimum absolute atomic E-state index is 0.144. The molecule has 5 heteroatoms. The summed E-state index contributed by atoms with van der Waals surface area (Å²) in [5.41, 5.74) is 2.18. The lowest BCUT2D eigenvalue weighted by atomic mass is 10.00. The predicted octanol–water partition coefficient (Wildman–Crippen LogP) is 4.99. The van der Waals surface area contributed by atoms with E-state index in [0.717, 1.165) is 40.9 Å². The highest BCUT2D eigenvalue weighted by Gasteiger charge is 2.18. The Balaban J connectivity index is 2.26. The van der Waals surface area contributed by atoms with Gasteiger partial charge in [-0.1, -0.05) is 18.5 Å². The molecule has 0 radical (unpaired) electrons. The van der Waals surface area contributed by atoms with Gasteiger partial charge in [0.1, 0.15) is 5.75 Å². The van der Waals surface area contributed by atoms with Crippen LogP contribution in [0.25, 0.3) is 0 Å². The molecule has 1 aromatic heterocycles. The van der Waals surface area contributed by atoms with Crippen molar-refractivity contribution >= 4 is 27.5 Å². The molecule has 0 aliphatic rings. The van der Waals surface area contributed by atoms with E-state index in [1.807, 2.05) is 24.3 Å². The van der Waals surface area contributed by atoms with Gasteiger partial charge >= 0.3 is 0 Å². The van der Waals surface area contributed by atoms with E-state index in [4.69, 9.17) is 20.8 Å². The van der Waals surface area contributed by atoms with Gasteiger partial charge in [0.15, 0.2) is 4.67 Å². The molecule has 21 heavy (non-hydrogen) atoms. The van der Waals surface area contributed by atoms with Crippen LogP contribution in [-0.2, 0) is 6.42 Å². The first-order valence-corrected chi connectivity index (χ1v) is 8.11. The molecule has 1 unspecified atom stereocenters. The average Bonchev–Trinajstić information content (AvgIpc) is 2.90. The van der Waals surface area contributed by atoms with Crippen molar-refractivity contribution in [3.63, 3.8) is 0 Å². The Labute approximate surface area is 138 Å². The van der Waals surface area contributed by atoms with Crippen LogP contribution in [0.3, 0.4) is 0 Å². The molecule has 2 rings (SSSR count). The van der Waals surface area contributed by atoms with Crippen LogP contribution in [0.5, 0.6) is 5.75 Å². The van der Waals surface area contributed by atoms with Crippen molar-refractivity contribution in [1.82, 2.24) is 5.32 Å². The molecule has 0 aliphatic heterocycles. The zero-order valence-corrected chi connectivity index (χ0v) is 14.5. The van der Waals surface area contributed by atoms with Crippen LogP contribution in [0, 0.1) is 0 Å². The summed E-state index contributed by atoms with van der Waals surface area (Å²) in [4.78, 5) is 0. The Hall–Kier alpha value is -0.970. The van der Waals surface area contributed by atoms with Gasteiger partial charge in [-0.2, -0.15) is 0 Å². The minimum atomic E-state index is 0.144. The predicted molar refractivity (Wildman–Crippen MR) is 89.2 cm³/mol. The summed E-state index contributed by atoms with van der Waals surface area (Å²) >= 11 is 9.57. The number of rotatable bonds is 7. The van der Waals surface area contributed by atoms with E-state index in [2.05, 4.69) is 28.2 Å². The van der Waals surface area contributed by atoms with Gasteiger partial charge in [0.05, 0.1) is 13.4 Å². The van der Waals surface area contributed by atoms with Crippen molar-refractivity contribution in [2.45, 2.75) is 25.8 Å². The van der Waals surface area contributed by atoms with Crippen LogP contribution < -0.4 is 10.1 Å². The van der Waals surface area contributed by atoms with Gasteiger partial charge in [0, 0.05) is 16.6 Å². The molecule has 1 heterocycles. The van der Waals surface area contributed by atoms with E-state index >= 15 is 0 Å². The molecule has 0 spiro atoms. The lowest BCUT2D eigenvalue weighted by Gasteiger charge is -2.19. The molecule has 0 aliphatic carbocycles. The summed E-state index contributed by atoms with van der Waals surface area (Å²) < 4.78 is 11.6. The van der Waals surface area contributed by atoms with Crippen molar-refractivity contribution in [3.8, 4) is 5.75 Å². The maximum atomic E-state index is 6.11. The molecular weight excluding hydrogens is 354 g/mol. The topological polar surface area (TPSA) is 34.4 Å². The number of hydrogen-bond donors (Lipinski definition) is 1. The lowest BCUT2D eigenvalue weighted by molar-refractivity contribution is 0.404. The number of hydrogen-bond acceptors (Lipinski definition) is 3. The summed E-state index contributed by atoms with van der Waals surface area (Å²) in [6, 6.07) is 7.82. The number of halogens is 2. The summed E-state index contributed by atoms with van der Waals surface area (Å²) in [5.74, 6) is 0.849. The molecule has 114 valence electrons. The monoisotopic (exact) mass is 371 g/mol. The summed E-state index contributed by atoms with van der Waals surface area (Å²) in [6.07, 6.45) is 3.54. The van der Waals surface area contributed by atoms with E-state index in [9.17, 15) is 0 Å². The van der Waals surface area contributed by atoms with E-state index in [1.165, 1.54) is 0 Å². The molecule has 1 aromatic carbocycles. The fourth-order valence-electron chi connectivity index (χ4n) is 2.29. The van der Waals surface area contributed by atoms with E-state index in [0.29, 0.717) is 5.02 Å². The van der Waals surface area contributed by atoms with E-state index < -0.39 is 0 Å². The number of methoxy groups -OCH3 is 1. The fourth-order valence-corrected chi connectivity index (χ4v) is 3.00. The van der Waals surface area contributed by atoms with Crippen LogP contribution in [-0.4, -0.2) is 13.7 Å². The molecule has 3 nitrogen and oxygen atoms in total. The van der Waals surface area contributed by atoms with Crippen LogP contribution in [0.2, 0.25) is 5.02 Å². The van der Waals surface area contributed by atoms with Gasteiger partial charge < -0.3 is 14.5 Å². The molecule has 0 amide bonds. The highest BCUT2D eigenvalue weighted by molar-refractivity contribution is 9.10. The molecule has 1 atom stereocenters. The standard InChI is InChI=1S/C16H19BrClNO2/c1-3-7-19-14(13-6-8-21-16(13)17)10-11-9-12(18)4-5-15(11)20-2/h4-6,8-9,14,19H,3,7,10H2,1-2H3. The normalized spacial score (nSPS) is 12.4. The largest absolute Gasteiger partial charge is 0.496 e. The quantitative estimate of drug-likeness (QED) is 0.743. The van der Waals surface area contributed by atoms with E-state index in [1.54, 1.807) is 13.4 Å². The Morgan fingerprint density at radius 3 is 2.81 bits per heavy atom. The van der Waals surface area contributed by atoms with Crippen LogP contribution in [0.1, 0.15) is 30.5 Å². The summed E-state index contributed by atoms with van der Waals surface area (Å²) in [5, 5.41) is 4.26. The Bertz CT molecular complexity index is 585. The van der Waals surface area contributed by atoms with Gasteiger partial charge in [0.2, 0.25) is 0 Å². The second kappa shape index (κ2) is 7.87. The Kier molecular flexibility index (Phi) is 6.15. The third-order valence-corrected chi connectivity index (χ3v) is 4.21. The first-order valence-electron chi connectivity index (χ1n) is 6.94. The van der Waals surface area contributed by atoms with Crippen molar-refractivity contribution in [2.75, 3.05) is 13.7 Å². The van der Waals surface area contributed by atoms with Crippen LogP contribution >= 0.6 is 27.5 Å². The van der Waals surface area contributed by atoms with Crippen molar-refractivity contribution in [3.05, 3.63) is 51.3 Å². The van der Waals surface area contributed by atoms with Crippen LogP contribution in [0.4, 0.5) is 0 Å². The minimum Gasteiger partial charge on any atom is -0.496 e. The van der Waals surface area contributed by atoms with Gasteiger partial charge in [-0.15, -0.1) is 0 Å². The average molecular weight is 373 g/mol. The highest BCUT2D eigenvalue weighted by atomic mass is 79.9. The first-order chi connectivity index (χ1) is 10.2. The number of benzene rings is 1. The molecule has 0 bridgehead atoms. The molecule has 0 fully saturated rings. The van der Waals surface area contributed by atoms with Crippen molar-refractivity contribution in [2.24, 2.45) is 0 Å². The molecule has 0 saturated carbocycles. The zero-order valence-electron chi connectivity index (χ0n) is 12.2. The zero-order chi connectivity index (χ0) is 15.2. The first kappa shape index (κ1) is 16.4. The Morgan fingerprint density at radius 2 is 2.19 bits per heavy atom. The fraction of sp³-hybridized carbons (Fsp3) is 0.375. The molecule has 2 aromatic rings. The maximum Gasteiger partial charge on any atom is 0.173 e. The molecule has 1 N–H and O–H groups in total. The maximum absolute atomic E-state index is 6.11. The molecule has 0 saturated heterocycles. The lowest BCUT2D eigenvalue weighted by Crippen LogP contribution is -2.24. The van der Waals surface area contributed by atoms with Crippen molar-refractivity contribution in [1.29, 1.82) is 0 Å².